The number of benzene rings is 2. The number of likely N-dealkylation sites (tertiary alicyclic amines) is 1. The summed E-state index contributed by atoms with van der Waals surface area (Å²) in [6.07, 6.45) is -0.456. The number of hydrogen-bond donors (Lipinski definition) is 1. The molecule has 2 unspecified atom stereocenters. The Morgan fingerprint density at radius 1 is 1.00 bits per heavy atom. The molecule has 1 aliphatic heterocycles. The second-order valence-corrected chi connectivity index (χ2v) is 7.27. The molecule has 1 aliphatic rings. The number of rotatable bonds is 8. The number of carbonyl (C=O) groups is 4. The van der Waals surface area contributed by atoms with E-state index in [1.54, 1.807) is 61.5 Å². The monoisotopic (exact) mass is 408 g/mol. The van der Waals surface area contributed by atoms with Crippen LogP contribution in [0.5, 0.6) is 0 Å². The molecule has 1 heterocycles. The summed E-state index contributed by atoms with van der Waals surface area (Å²) in [6, 6.07) is 17.8. The van der Waals surface area contributed by atoms with Gasteiger partial charge in [-0.25, -0.2) is 0 Å². The molecule has 7 heteroatoms. The molecule has 0 radical (unpaired) electrons. The second kappa shape index (κ2) is 8.90. The summed E-state index contributed by atoms with van der Waals surface area (Å²) in [5.74, 6) is -4.06. The molecule has 3 rings (SSSR count). The minimum absolute atomic E-state index is 0.00164. The summed E-state index contributed by atoms with van der Waals surface area (Å²) in [4.78, 5) is 52.7. The molecular formula is C23H24N2O5. The van der Waals surface area contributed by atoms with Gasteiger partial charge in [-0.1, -0.05) is 60.7 Å². The van der Waals surface area contributed by atoms with Gasteiger partial charge in [0.1, 0.15) is 5.41 Å². The first-order chi connectivity index (χ1) is 14.4. The van der Waals surface area contributed by atoms with Crippen LogP contribution in [-0.2, 0) is 36.9 Å². The van der Waals surface area contributed by atoms with Crippen molar-refractivity contribution < 1.29 is 23.9 Å². The SMILES string of the molecule is CCOC(=O)CC1C(=O)N(Cc2ccccc2)C(=O)C1(Cc1ccccc1)C(N)=O. The molecule has 1 saturated heterocycles. The molecule has 0 spiro atoms. The van der Waals surface area contributed by atoms with Gasteiger partial charge in [-0.05, 0) is 24.5 Å². The molecule has 3 amide bonds. The summed E-state index contributed by atoms with van der Waals surface area (Å²) in [6.45, 7) is 1.78. The highest BCUT2D eigenvalue weighted by molar-refractivity contribution is 6.18. The highest BCUT2D eigenvalue weighted by atomic mass is 16.5. The standard InChI is InChI=1S/C23H24N2O5/c1-2-30-19(26)13-18-20(27)25(15-17-11-7-4-8-12-17)22(29)23(18,21(24)28)14-16-9-5-3-6-10-16/h3-12,18H,2,13-15H2,1H3,(H2,24,28). The van der Waals surface area contributed by atoms with Crippen molar-refractivity contribution in [2.45, 2.75) is 26.3 Å². The molecule has 0 aliphatic carbocycles. The number of amides is 3. The van der Waals surface area contributed by atoms with Crippen LogP contribution in [0.15, 0.2) is 60.7 Å². The van der Waals surface area contributed by atoms with Crippen LogP contribution in [-0.4, -0.2) is 35.2 Å². The second-order valence-electron chi connectivity index (χ2n) is 7.27. The van der Waals surface area contributed by atoms with Gasteiger partial charge in [0.25, 0.3) is 0 Å². The van der Waals surface area contributed by atoms with E-state index in [1.165, 1.54) is 0 Å². The average Bonchev–Trinajstić information content (AvgIpc) is 2.92. The lowest BCUT2D eigenvalue weighted by Crippen LogP contribution is -2.49. The molecule has 0 aromatic heterocycles. The Morgan fingerprint density at radius 2 is 1.57 bits per heavy atom. The van der Waals surface area contributed by atoms with Gasteiger partial charge in [-0.2, -0.15) is 0 Å². The maximum absolute atomic E-state index is 13.5. The summed E-state index contributed by atoms with van der Waals surface area (Å²) >= 11 is 0. The third kappa shape index (κ3) is 3.96. The molecule has 1 fully saturated rings. The van der Waals surface area contributed by atoms with Crippen LogP contribution in [0.3, 0.4) is 0 Å². The maximum Gasteiger partial charge on any atom is 0.306 e. The van der Waals surface area contributed by atoms with Crippen LogP contribution in [0.1, 0.15) is 24.5 Å². The van der Waals surface area contributed by atoms with Crippen LogP contribution < -0.4 is 5.73 Å². The number of hydrogen-bond acceptors (Lipinski definition) is 5. The normalized spacial score (nSPS) is 21.0. The van der Waals surface area contributed by atoms with Crippen molar-refractivity contribution in [1.82, 2.24) is 4.90 Å². The van der Waals surface area contributed by atoms with E-state index in [0.717, 1.165) is 10.5 Å². The fraction of sp³-hybridized carbons (Fsp3) is 0.304. The van der Waals surface area contributed by atoms with E-state index in [1.807, 2.05) is 6.07 Å². The summed E-state index contributed by atoms with van der Waals surface area (Å²) in [7, 11) is 0. The first kappa shape index (κ1) is 21.2. The summed E-state index contributed by atoms with van der Waals surface area (Å²) < 4.78 is 4.99. The zero-order valence-corrected chi connectivity index (χ0v) is 16.7. The van der Waals surface area contributed by atoms with Gasteiger partial charge in [-0.15, -0.1) is 0 Å². The molecule has 156 valence electrons. The molecule has 2 N–H and O–H groups in total. The minimum Gasteiger partial charge on any atom is -0.466 e. The molecule has 7 nitrogen and oxygen atoms in total. The number of nitrogens with zero attached hydrogens (tertiary/aromatic N) is 1. The van der Waals surface area contributed by atoms with Crippen molar-refractivity contribution in [3.8, 4) is 0 Å². The highest BCUT2D eigenvalue weighted by Crippen LogP contribution is 2.44. The van der Waals surface area contributed by atoms with Crippen molar-refractivity contribution in [1.29, 1.82) is 0 Å². The zero-order chi connectivity index (χ0) is 21.7. The Bertz CT molecular complexity index is 945. The van der Waals surface area contributed by atoms with E-state index < -0.39 is 35.0 Å². The van der Waals surface area contributed by atoms with E-state index in [0.29, 0.717) is 5.56 Å². The first-order valence-corrected chi connectivity index (χ1v) is 9.79. The minimum atomic E-state index is -1.85. The van der Waals surface area contributed by atoms with Gasteiger partial charge in [-0.3, -0.25) is 24.1 Å². The fourth-order valence-electron chi connectivity index (χ4n) is 3.93. The largest absolute Gasteiger partial charge is 0.466 e. The Hall–Kier alpha value is -3.48. The number of primary amides is 1. The van der Waals surface area contributed by atoms with Crippen LogP contribution in [0, 0.1) is 11.3 Å². The number of esters is 1. The van der Waals surface area contributed by atoms with Crippen LogP contribution in [0.25, 0.3) is 0 Å². The zero-order valence-electron chi connectivity index (χ0n) is 16.7. The quantitative estimate of drug-likeness (QED) is 0.407. The predicted molar refractivity (Wildman–Crippen MR) is 109 cm³/mol. The molecular weight excluding hydrogens is 384 g/mol. The van der Waals surface area contributed by atoms with Gasteiger partial charge >= 0.3 is 5.97 Å². The summed E-state index contributed by atoms with van der Waals surface area (Å²) in [5.41, 5.74) is 5.30. The van der Waals surface area contributed by atoms with E-state index in [4.69, 9.17) is 10.5 Å². The smallest absolute Gasteiger partial charge is 0.306 e. The van der Waals surface area contributed by atoms with E-state index >= 15 is 0 Å². The maximum atomic E-state index is 13.5. The third-order valence-corrected chi connectivity index (χ3v) is 5.41. The van der Waals surface area contributed by atoms with Gasteiger partial charge in [0.05, 0.1) is 25.5 Å². The van der Waals surface area contributed by atoms with Gasteiger partial charge < -0.3 is 10.5 Å². The van der Waals surface area contributed by atoms with Gasteiger partial charge in [0.15, 0.2) is 0 Å². The molecule has 2 aromatic rings. The third-order valence-electron chi connectivity index (χ3n) is 5.41. The average molecular weight is 408 g/mol. The van der Waals surface area contributed by atoms with Crippen molar-refractivity contribution >= 4 is 23.7 Å². The lowest BCUT2D eigenvalue weighted by atomic mass is 9.70. The first-order valence-electron chi connectivity index (χ1n) is 9.79. The molecule has 30 heavy (non-hydrogen) atoms. The molecule has 0 bridgehead atoms. The molecule has 2 atom stereocenters. The Balaban J connectivity index is 2.04. The summed E-state index contributed by atoms with van der Waals surface area (Å²) in [5, 5.41) is 0. The van der Waals surface area contributed by atoms with Crippen molar-refractivity contribution in [2.75, 3.05) is 6.61 Å². The lowest BCUT2D eigenvalue weighted by Gasteiger charge is -2.28. The Morgan fingerprint density at radius 3 is 2.10 bits per heavy atom. The molecule has 0 saturated carbocycles. The van der Waals surface area contributed by atoms with Crippen molar-refractivity contribution in [3.05, 3.63) is 71.8 Å². The van der Waals surface area contributed by atoms with Crippen LogP contribution in [0.2, 0.25) is 0 Å². The van der Waals surface area contributed by atoms with Crippen molar-refractivity contribution in [2.24, 2.45) is 17.1 Å². The predicted octanol–water partition coefficient (Wildman–Crippen LogP) is 1.84. The van der Waals surface area contributed by atoms with Crippen molar-refractivity contribution in [3.63, 3.8) is 0 Å². The van der Waals surface area contributed by atoms with Gasteiger partial charge in [0, 0.05) is 0 Å². The van der Waals surface area contributed by atoms with Crippen LogP contribution in [0.4, 0.5) is 0 Å². The number of nitrogens with two attached hydrogens (primary N) is 1. The van der Waals surface area contributed by atoms with E-state index in [-0.39, 0.29) is 26.0 Å². The van der Waals surface area contributed by atoms with E-state index in [2.05, 4.69) is 0 Å². The molecule has 2 aromatic carbocycles. The number of carbonyl (C=O) groups excluding carboxylic acids is 4. The van der Waals surface area contributed by atoms with E-state index in [9.17, 15) is 19.2 Å². The Labute approximate surface area is 174 Å². The Kier molecular flexibility index (Phi) is 6.30. The van der Waals surface area contributed by atoms with Gasteiger partial charge in [0.2, 0.25) is 17.7 Å². The number of imide groups is 1. The van der Waals surface area contributed by atoms with Crippen LogP contribution >= 0.6 is 0 Å². The highest BCUT2D eigenvalue weighted by Gasteiger charge is 2.63. The topological polar surface area (TPSA) is 107 Å². The lowest BCUT2D eigenvalue weighted by molar-refractivity contribution is -0.149. The number of ether oxygens (including phenoxy) is 1. The fourth-order valence-corrected chi connectivity index (χ4v) is 3.93.